The van der Waals surface area contributed by atoms with E-state index in [0.29, 0.717) is 6.42 Å². The monoisotopic (exact) mass is 336 g/mol. The first-order valence-corrected chi connectivity index (χ1v) is 7.64. The summed E-state index contributed by atoms with van der Waals surface area (Å²) in [5, 5.41) is 7.22. The maximum Gasteiger partial charge on any atom is 0.240 e. The quantitative estimate of drug-likeness (QED) is 0.851. The summed E-state index contributed by atoms with van der Waals surface area (Å²) in [4.78, 5) is 12.3. The number of amides is 1. The van der Waals surface area contributed by atoms with Gasteiger partial charge in [0.15, 0.2) is 0 Å². The number of nitrogens with two attached hydrogens (primary N) is 1. The number of carbonyl (C=O) groups excluding carboxylic acids is 1. The minimum absolute atomic E-state index is 0. The molecule has 2 aromatic rings. The van der Waals surface area contributed by atoms with Gasteiger partial charge in [-0.25, -0.2) is 4.68 Å². The molecule has 5 nitrogen and oxygen atoms in total. The highest BCUT2D eigenvalue weighted by molar-refractivity contribution is 5.86. The molecule has 0 saturated carbocycles. The maximum absolute atomic E-state index is 12.3. The summed E-state index contributed by atoms with van der Waals surface area (Å²) in [5.74, 6) is -0.119. The van der Waals surface area contributed by atoms with Crippen LogP contribution in [0.5, 0.6) is 0 Å². The van der Waals surface area contributed by atoms with Crippen molar-refractivity contribution in [3.8, 4) is 5.69 Å². The highest BCUT2D eigenvalue weighted by atomic mass is 35.5. The summed E-state index contributed by atoms with van der Waals surface area (Å²) >= 11 is 0. The van der Waals surface area contributed by atoms with Crippen molar-refractivity contribution in [1.29, 1.82) is 0 Å². The minimum Gasteiger partial charge on any atom is -0.348 e. The molecule has 1 amide bonds. The normalized spacial score (nSPS) is 14.4. The third-order valence-electron chi connectivity index (χ3n) is 3.77. The van der Waals surface area contributed by atoms with E-state index in [0.717, 1.165) is 17.7 Å². The van der Waals surface area contributed by atoms with Gasteiger partial charge < -0.3 is 11.1 Å². The van der Waals surface area contributed by atoms with E-state index >= 15 is 0 Å². The van der Waals surface area contributed by atoms with Crippen LogP contribution in [0.4, 0.5) is 0 Å². The van der Waals surface area contributed by atoms with Crippen LogP contribution in [0.1, 0.15) is 45.2 Å². The van der Waals surface area contributed by atoms with Crippen LogP contribution in [0, 0.1) is 0 Å². The van der Waals surface area contributed by atoms with E-state index in [9.17, 15) is 4.79 Å². The van der Waals surface area contributed by atoms with Crippen molar-refractivity contribution in [3.05, 3.63) is 48.3 Å². The van der Waals surface area contributed by atoms with Crippen LogP contribution < -0.4 is 11.1 Å². The molecule has 0 spiro atoms. The van der Waals surface area contributed by atoms with E-state index in [2.05, 4.69) is 10.4 Å². The Hall–Kier alpha value is -1.85. The summed E-state index contributed by atoms with van der Waals surface area (Å²) in [6, 6.07) is 9.72. The minimum atomic E-state index is -0.831. The standard InChI is InChI=1S/C17H24N4O.ClH/c1-4-9-17(3,18)16(22)20-13(2)14-7-5-8-15(12-14)21-11-6-10-19-21;/h5-8,10-13H,4,9,18H2,1-3H3,(H,20,22);1H. The molecule has 3 N–H and O–H groups in total. The van der Waals surface area contributed by atoms with Crippen molar-refractivity contribution >= 4 is 18.3 Å². The zero-order chi connectivity index (χ0) is 16.2. The van der Waals surface area contributed by atoms with Crippen molar-refractivity contribution < 1.29 is 4.79 Å². The third kappa shape index (κ3) is 4.81. The first kappa shape index (κ1) is 19.2. The molecule has 2 unspecified atom stereocenters. The molecular formula is C17H25ClN4O. The number of benzene rings is 1. The lowest BCUT2D eigenvalue weighted by molar-refractivity contribution is -0.126. The van der Waals surface area contributed by atoms with E-state index in [4.69, 9.17) is 5.73 Å². The van der Waals surface area contributed by atoms with Crippen molar-refractivity contribution in [2.75, 3.05) is 0 Å². The predicted molar refractivity (Wildman–Crippen MR) is 94.9 cm³/mol. The van der Waals surface area contributed by atoms with Gasteiger partial charge >= 0.3 is 0 Å². The summed E-state index contributed by atoms with van der Waals surface area (Å²) in [5.41, 5.74) is 7.23. The number of nitrogens with zero attached hydrogens (tertiary/aromatic N) is 2. The number of hydrogen-bond acceptors (Lipinski definition) is 3. The lowest BCUT2D eigenvalue weighted by atomic mass is 9.95. The van der Waals surface area contributed by atoms with Gasteiger partial charge in [0, 0.05) is 12.4 Å². The van der Waals surface area contributed by atoms with Crippen LogP contribution in [0.15, 0.2) is 42.7 Å². The van der Waals surface area contributed by atoms with Gasteiger partial charge in [0.05, 0.1) is 17.3 Å². The van der Waals surface area contributed by atoms with Crippen molar-refractivity contribution in [2.24, 2.45) is 5.73 Å². The van der Waals surface area contributed by atoms with E-state index in [1.54, 1.807) is 17.8 Å². The molecule has 0 aliphatic heterocycles. The summed E-state index contributed by atoms with van der Waals surface area (Å²) in [6.45, 7) is 5.76. The van der Waals surface area contributed by atoms with Crippen LogP contribution in [-0.4, -0.2) is 21.2 Å². The fourth-order valence-electron chi connectivity index (χ4n) is 2.44. The molecule has 0 aliphatic carbocycles. The third-order valence-corrected chi connectivity index (χ3v) is 3.77. The van der Waals surface area contributed by atoms with Gasteiger partial charge in [0.25, 0.3) is 0 Å². The molecule has 0 bridgehead atoms. The van der Waals surface area contributed by atoms with Crippen molar-refractivity contribution in [3.63, 3.8) is 0 Å². The van der Waals surface area contributed by atoms with Crippen LogP contribution in [0.3, 0.4) is 0 Å². The number of carbonyl (C=O) groups is 1. The fourth-order valence-corrected chi connectivity index (χ4v) is 2.44. The van der Waals surface area contributed by atoms with Gasteiger partial charge in [-0.3, -0.25) is 4.79 Å². The van der Waals surface area contributed by atoms with Crippen molar-refractivity contribution in [2.45, 2.75) is 45.2 Å². The van der Waals surface area contributed by atoms with E-state index in [1.807, 2.05) is 50.4 Å². The Morgan fingerprint density at radius 3 is 2.78 bits per heavy atom. The van der Waals surface area contributed by atoms with Crippen LogP contribution >= 0.6 is 12.4 Å². The topological polar surface area (TPSA) is 72.9 Å². The smallest absolute Gasteiger partial charge is 0.240 e. The Labute approximate surface area is 143 Å². The number of rotatable bonds is 6. The Morgan fingerprint density at radius 2 is 2.17 bits per heavy atom. The molecule has 126 valence electrons. The SMILES string of the molecule is CCCC(C)(N)C(=O)NC(C)c1cccc(-n2cccn2)c1.Cl. The average Bonchev–Trinajstić information content (AvgIpc) is 3.01. The Kier molecular flexibility index (Phi) is 6.79. The zero-order valence-electron chi connectivity index (χ0n) is 13.8. The second kappa shape index (κ2) is 8.13. The highest BCUT2D eigenvalue weighted by Gasteiger charge is 2.28. The van der Waals surface area contributed by atoms with Gasteiger partial charge in [-0.05, 0) is 44.0 Å². The van der Waals surface area contributed by atoms with Gasteiger partial charge in [-0.15, -0.1) is 12.4 Å². The molecule has 0 aliphatic rings. The first-order chi connectivity index (χ1) is 10.4. The average molecular weight is 337 g/mol. The van der Waals surface area contributed by atoms with Crippen LogP contribution in [0.25, 0.3) is 5.69 Å². The maximum atomic E-state index is 12.3. The highest BCUT2D eigenvalue weighted by Crippen LogP contribution is 2.18. The molecule has 0 fully saturated rings. The lowest BCUT2D eigenvalue weighted by Gasteiger charge is -2.25. The number of aromatic nitrogens is 2. The van der Waals surface area contributed by atoms with Crippen LogP contribution in [0.2, 0.25) is 0 Å². The zero-order valence-corrected chi connectivity index (χ0v) is 14.6. The van der Waals surface area contributed by atoms with E-state index < -0.39 is 5.54 Å². The number of hydrogen-bond donors (Lipinski definition) is 2. The van der Waals surface area contributed by atoms with E-state index in [1.165, 1.54) is 0 Å². The first-order valence-electron chi connectivity index (χ1n) is 7.64. The fraction of sp³-hybridized carbons (Fsp3) is 0.412. The molecule has 1 aromatic heterocycles. The van der Waals surface area contributed by atoms with Gasteiger partial charge in [-0.1, -0.05) is 25.5 Å². The van der Waals surface area contributed by atoms with Crippen molar-refractivity contribution in [1.82, 2.24) is 15.1 Å². The summed E-state index contributed by atoms with van der Waals surface area (Å²) in [7, 11) is 0. The second-order valence-corrected chi connectivity index (χ2v) is 5.91. The van der Waals surface area contributed by atoms with E-state index in [-0.39, 0.29) is 24.4 Å². The second-order valence-electron chi connectivity index (χ2n) is 5.91. The Balaban J connectivity index is 0.00000264. The lowest BCUT2D eigenvalue weighted by Crippen LogP contribution is -2.52. The van der Waals surface area contributed by atoms with Gasteiger partial charge in [0.1, 0.15) is 0 Å². The summed E-state index contributed by atoms with van der Waals surface area (Å²) < 4.78 is 1.79. The van der Waals surface area contributed by atoms with Gasteiger partial charge in [-0.2, -0.15) is 5.10 Å². The predicted octanol–water partition coefficient (Wildman–Crippen LogP) is 2.99. The molecule has 23 heavy (non-hydrogen) atoms. The molecule has 0 radical (unpaired) electrons. The Morgan fingerprint density at radius 1 is 1.43 bits per heavy atom. The summed E-state index contributed by atoms with van der Waals surface area (Å²) in [6.07, 6.45) is 5.17. The molecule has 0 saturated heterocycles. The molecule has 1 aromatic carbocycles. The molecule has 2 atom stereocenters. The molecule has 6 heteroatoms. The Bertz CT molecular complexity index is 625. The molecule has 1 heterocycles. The number of nitrogens with one attached hydrogen (secondary N) is 1. The molecule has 2 rings (SSSR count). The van der Waals surface area contributed by atoms with Crippen LogP contribution in [-0.2, 0) is 4.79 Å². The molecular weight excluding hydrogens is 312 g/mol. The largest absolute Gasteiger partial charge is 0.348 e. The van der Waals surface area contributed by atoms with Gasteiger partial charge in [0.2, 0.25) is 5.91 Å². The number of halogens is 1.